The van der Waals surface area contributed by atoms with Gasteiger partial charge in [-0.25, -0.2) is 4.90 Å². The van der Waals surface area contributed by atoms with Crippen LogP contribution in [0.15, 0.2) is 29.3 Å². The van der Waals surface area contributed by atoms with Crippen LogP contribution in [0.5, 0.6) is 0 Å². The van der Waals surface area contributed by atoms with E-state index in [1.807, 2.05) is 11.0 Å². The van der Waals surface area contributed by atoms with Crippen molar-refractivity contribution in [1.82, 2.24) is 9.80 Å². The van der Waals surface area contributed by atoms with Crippen LogP contribution in [0.4, 0.5) is 5.69 Å². The van der Waals surface area contributed by atoms with Crippen LogP contribution in [-0.2, 0) is 20.8 Å². The number of carbonyl (C=O) groups excluding carboxylic acids is 4. The number of carbonyl (C=O) groups is 4. The molecule has 2 heterocycles. The highest BCUT2D eigenvalue weighted by atomic mass is 16.2. The van der Waals surface area contributed by atoms with Crippen molar-refractivity contribution in [3.05, 3.63) is 40.5 Å². The molecule has 33 heavy (non-hydrogen) atoms. The number of imide groups is 1. The molecule has 1 aromatic rings. The van der Waals surface area contributed by atoms with E-state index in [1.54, 1.807) is 26.0 Å². The molecule has 0 N–H and O–H groups in total. The molecule has 4 rings (SSSR count). The number of anilines is 1. The van der Waals surface area contributed by atoms with E-state index in [0.29, 0.717) is 41.7 Å². The smallest absolute Gasteiger partial charge is 0.261 e. The van der Waals surface area contributed by atoms with Gasteiger partial charge >= 0.3 is 0 Å². The Kier molecular flexibility index (Phi) is 7.08. The second-order valence-electron chi connectivity index (χ2n) is 9.33. The lowest BCUT2D eigenvalue weighted by atomic mass is 10.0. The third kappa shape index (κ3) is 4.93. The minimum absolute atomic E-state index is 0.129. The molecule has 0 aromatic heterocycles. The van der Waals surface area contributed by atoms with Crippen molar-refractivity contribution in [3.63, 3.8) is 0 Å². The Labute approximate surface area is 195 Å². The summed E-state index contributed by atoms with van der Waals surface area (Å²) < 4.78 is 0. The Hall–Kier alpha value is -2.80. The van der Waals surface area contributed by atoms with E-state index in [1.165, 1.54) is 4.90 Å². The fourth-order valence-corrected chi connectivity index (χ4v) is 5.07. The summed E-state index contributed by atoms with van der Waals surface area (Å²) in [5, 5.41) is 0. The number of benzene rings is 1. The van der Waals surface area contributed by atoms with Gasteiger partial charge in [-0.05, 0) is 62.9 Å². The first-order chi connectivity index (χ1) is 15.9. The summed E-state index contributed by atoms with van der Waals surface area (Å²) in [6.07, 6.45) is 5.88. The molecule has 2 aliphatic heterocycles. The van der Waals surface area contributed by atoms with E-state index in [4.69, 9.17) is 0 Å². The fourth-order valence-electron chi connectivity index (χ4n) is 5.07. The van der Waals surface area contributed by atoms with E-state index < -0.39 is 0 Å². The zero-order valence-electron chi connectivity index (χ0n) is 19.7. The Morgan fingerprint density at radius 3 is 2.36 bits per heavy atom. The maximum absolute atomic E-state index is 13.0. The molecule has 0 spiro atoms. The maximum Gasteiger partial charge on any atom is 0.261 e. The predicted molar refractivity (Wildman–Crippen MR) is 126 cm³/mol. The Morgan fingerprint density at radius 1 is 0.909 bits per heavy atom. The van der Waals surface area contributed by atoms with E-state index in [-0.39, 0.29) is 23.5 Å². The van der Waals surface area contributed by atoms with Crippen LogP contribution in [0.3, 0.4) is 0 Å². The van der Waals surface area contributed by atoms with Gasteiger partial charge in [0.15, 0.2) is 5.78 Å². The number of hydrogen-bond donors (Lipinski definition) is 0. The molecule has 1 aromatic carbocycles. The second kappa shape index (κ2) is 10.00. The SMILES string of the molecule is CC(=O)N1CCN(CCCCCCC2=C(C)C(=O)N(c3ccc4c(c3)CCC4=O)C2=O)CC1. The summed E-state index contributed by atoms with van der Waals surface area (Å²) in [6.45, 7) is 7.92. The highest BCUT2D eigenvalue weighted by Gasteiger charge is 2.37. The predicted octanol–water partition coefficient (Wildman–Crippen LogP) is 3.12. The molecule has 0 bridgehead atoms. The summed E-state index contributed by atoms with van der Waals surface area (Å²) in [4.78, 5) is 54.7. The van der Waals surface area contributed by atoms with Crippen molar-refractivity contribution in [3.8, 4) is 0 Å². The van der Waals surface area contributed by atoms with Gasteiger partial charge in [-0.15, -0.1) is 0 Å². The number of rotatable bonds is 8. The normalized spacial score (nSPS) is 19.2. The van der Waals surface area contributed by atoms with Gasteiger partial charge in [-0.3, -0.25) is 24.1 Å². The number of piperazine rings is 1. The first-order valence-corrected chi connectivity index (χ1v) is 12.1. The first-order valence-electron chi connectivity index (χ1n) is 12.1. The van der Waals surface area contributed by atoms with Crippen molar-refractivity contribution in [1.29, 1.82) is 0 Å². The average Bonchev–Trinajstić information content (AvgIpc) is 3.27. The summed E-state index contributed by atoms with van der Waals surface area (Å²) in [6, 6.07) is 5.28. The number of aryl methyl sites for hydroxylation is 1. The van der Waals surface area contributed by atoms with Gasteiger partial charge in [0.1, 0.15) is 0 Å². The molecular formula is C26H33N3O4. The lowest BCUT2D eigenvalue weighted by Crippen LogP contribution is -2.48. The molecule has 0 saturated carbocycles. The van der Waals surface area contributed by atoms with Crippen LogP contribution in [0.1, 0.15) is 68.3 Å². The molecule has 1 aliphatic carbocycles. The third-order valence-corrected chi connectivity index (χ3v) is 7.18. The molecule has 0 radical (unpaired) electrons. The number of unbranched alkanes of at least 4 members (excludes halogenated alkanes) is 3. The minimum Gasteiger partial charge on any atom is -0.340 e. The van der Waals surface area contributed by atoms with Gasteiger partial charge in [-0.2, -0.15) is 0 Å². The molecular weight excluding hydrogens is 418 g/mol. The minimum atomic E-state index is -0.246. The average molecular weight is 452 g/mol. The van der Waals surface area contributed by atoms with Crippen LogP contribution in [-0.4, -0.2) is 66.0 Å². The van der Waals surface area contributed by atoms with Gasteiger partial charge in [-0.1, -0.05) is 12.8 Å². The number of ketones is 1. The molecule has 3 aliphatic rings. The topological polar surface area (TPSA) is 78.0 Å². The number of hydrogen-bond acceptors (Lipinski definition) is 5. The lowest BCUT2D eigenvalue weighted by Gasteiger charge is -2.34. The molecule has 176 valence electrons. The Bertz CT molecular complexity index is 1000. The van der Waals surface area contributed by atoms with E-state index in [2.05, 4.69) is 4.90 Å². The van der Waals surface area contributed by atoms with Gasteiger partial charge < -0.3 is 4.90 Å². The van der Waals surface area contributed by atoms with Gasteiger partial charge in [0.05, 0.1) is 5.69 Å². The molecule has 1 fully saturated rings. The zero-order valence-corrected chi connectivity index (χ0v) is 19.7. The summed E-state index contributed by atoms with van der Waals surface area (Å²) in [5.74, 6) is -0.179. The number of fused-ring (bicyclic) bond motifs is 1. The van der Waals surface area contributed by atoms with Gasteiger partial charge in [0, 0.05) is 56.2 Å². The van der Waals surface area contributed by atoms with Crippen molar-refractivity contribution in [2.45, 2.75) is 58.8 Å². The Balaban J connectivity index is 1.22. The summed E-state index contributed by atoms with van der Waals surface area (Å²) in [5.41, 5.74) is 3.37. The van der Waals surface area contributed by atoms with E-state index >= 15 is 0 Å². The highest BCUT2D eigenvalue weighted by Crippen LogP contribution is 2.33. The molecule has 1 saturated heterocycles. The van der Waals surface area contributed by atoms with Crippen molar-refractivity contribution in [2.75, 3.05) is 37.6 Å². The van der Waals surface area contributed by atoms with Gasteiger partial charge in [0.2, 0.25) is 5.91 Å². The fraction of sp³-hybridized carbons (Fsp3) is 0.538. The van der Waals surface area contributed by atoms with E-state index in [0.717, 1.165) is 64.0 Å². The summed E-state index contributed by atoms with van der Waals surface area (Å²) >= 11 is 0. The largest absolute Gasteiger partial charge is 0.340 e. The standard InChI is InChI=1S/C26H33N3O4/c1-18-22(7-5-3-4-6-12-27-13-15-28(16-14-27)19(2)30)26(33)29(25(18)32)21-9-10-23-20(17-21)8-11-24(23)31/h9-10,17H,3-8,11-16H2,1-2H3. The molecule has 0 unspecified atom stereocenters. The van der Waals surface area contributed by atoms with Crippen molar-refractivity contribution < 1.29 is 19.2 Å². The Morgan fingerprint density at radius 2 is 1.64 bits per heavy atom. The summed E-state index contributed by atoms with van der Waals surface area (Å²) in [7, 11) is 0. The van der Waals surface area contributed by atoms with Crippen LogP contribution >= 0.6 is 0 Å². The molecule has 7 heteroatoms. The molecule has 3 amide bonds. The van der Waals surface area contributed by atoms with E-state index in [9.17, 15) is 19.2 Å². The number of amides is 3. The second-order valence-corrected chi connectivity index (χ2v) is 9.33. The number of nitrogens with zero attached hydrogens (tertiary/aromatic N) is 3. The zero-order chi connectivity index (χ0) is 23.5. The van der Waals surface area contributed by atoms with Crippen LogP contribution in [0.25, 0.3) is 0 Å². The van der Waals surface area contributed by atoms with Crippen molar-refractivity contribution >= 4 is 29.2 Å². The lowest BCUT2D eigenvalue weighted by molar-refractivity contribution is -0.130. The van der Waals surface area contributed by atoms with Gasteiger partial charge in [0.25, 0.3) is 11.8 Å². The highest BCUT2D eigenvalue weighted by molar-refractivity contribution is 6.32. The van der Waals surface area contributed by atoms with Crippen molar-refractivity contribution in [2.24, 2.45) is 0 Å². The third-order valence-electron chi connectivity index (χ3n) is 7.18. The first kappa shape index (κ1) is 23.4. The molecule has 0 atom stereocenters. The number of Topliss-reactive ketones (excluding diaryl/α,β-unsaturated/α-hetero) is 1. The van der Waals surface area contributed by atoms with Crippen LogP contribution in [0.2, 0.25) is 0 Å². The maximum atomic E-state index is 13.0. The monoisotopic (exact) mass is 451 g/mol. The van der Waals surface area contributed by atoms with Crippen LogP contribution in [0, 0.1) is 0 Å². The van der Waals surface area contributed by atoms with Crippen LogP contribution < -0.4 is 4.90 Å². The molecule has 7 nitrogen and oxygen atoms in total. The quantitative estimate of drug-likeness (QED) is 0.448.